The maximum absolute atomic E-state index is 13.3. The van der Waals surface area contributed by atoms with E-state index in [0.717, 1.165) is 0 Å². The molecule has 20 heavy (non-hydrogen) atoms. The van der Waals surface area contributed by atoms with Crippen molar-refractivity contribution in [2.24, 2.45) is 5.73 Å². The maximum atomic E-state index is 13.3. The number of carbonyl (C=O) groups is 1. The Kier molecular flexibility index (Phi) is 4.92. The molecule has 2 rings (SSSR count). The highest BCUT2D eigenvalue weighted by Crippen LogP contribution is 2.24. The van der Waals surface area contributed by atoms with Crippen molar-refractivity contribution in [1.82, 2.24) is 4.90 Å². The van der Waals surface area contributed by atoms with Gasteiger partial charge in [-0.05, 0) is 13.0 Å². The van der Waals surface area contributed by atoms with Crippen molar-refractivity contribution in [3.05, 3.63) is 29.6 Å². The number of hydrogen-bond donors (Lipinski definition) is 1. The summed E-state index contributed by atoms with van der Waals surface area (Å²) >= 11 is 0. The quantitative estimate of drug-likeness (QED) is 0.897. The van der Waals surface area contributed by atoms with Gasteiger partial charge in [-0.2, -0.15) is 0 Å². The molecule has 1 aliphatic rings. The van der Waals surface area contributed by atoms with Gasteiger partial charge in [0.25, 0.3) is 5.91 Å². The molecule has 2 N–H and O–H groups in total. The summed E-state index contributed by atoms with van der Waals surface area (Å²) in [5.74, 6) is -0.224. The first-order chi connectivity index (χ1) is 9.58. The minimum Gasteiger partial charge on any atom is -0.483 e. The van der Waals surface area contributed by atoms with Gasteiger partial charge in [-0.3, -0.25) is 4.79 Å². The van der Waals surface area contributed by atoms with E-state index in [1.165, 1.54) is 12.1 Å². The Morgan fingerprint density at radius 2 is 2.20 bits per heavy atom. The maximum Gasteiger partial charge on any atom is 0.260 e. The third-order valence-corrected chi connectivity index (χ3v) is 3.18. The first-order valence-corrected chi connectivity index (χ1v) is 6.61. The lowest BCUT2D eigenvalue weighted by Gasteiger charge is -2.27. The van der Waals surface area contributed by atoms with Gasteiger partial charge in [0.2, 0.25) is 0 Å². The molecular formula is C14H19FN2O3. The summed E-state index contributed by atoms with van der Waals surface area (Å²) in [6, 6.07) is 3.87. The van der Waals surface area contributed by atoms with E-state index in [-0.39, 0.29) is 18.6 Å². The molecule has 0 aromatic heterocycles. The fourth-order valence-corrected chi connectivity index (χ4v) is 2.05. The summed E-state index contributed by atoms with van der Waals surface area (Å²) in [4.78, 5) is 13.6. The number of halogens is 1. The van der Waals surface area contributed by atoms with Gasteiger partial charge in [0.15, 0.2) is 6.61 Å². The number of rotatable bonds is 4. The molecular weight excluding hydrogens is 263 g/mol. The Morgan fingerprint density at radius 3 is 2.85 bits per heavy atom. The molecule has 1 amide bonds. The Bertz CT molecular complexity index is 473. The molecule has 0 radical (unpaired) electrons. The molecule has 0 spiro atoms. The summed E-state index contributed by atoms with van der Waals surface area (Å²) in [5.41, 5.74) is 6.48. The zero-order valence-electron chi connectivity index (χ0n) is 11.5. The number of carbonyl (C=O) groups excluding carboxylic acids is 1. The van der Waals surface area contributed by atoms with Gasteiger partial charge in [-0.15, -0.1) is 0 Å². The van der Waals surface area contributed by atoms with Crippen LogP contribution in [0.1, 0.15) is 18.5 Å². The van der Waals surface area contributed by atoms with Crippen LogP contribution in [0.2, 0.25) is 0 Å². The molecule has 0 bridgehead atoms. The van der Waals surface area contributed by atoms with Crippen molar-refractivity contribution in [1.29, 1.82) is 0 Å². The Balaban J connectivity index is 1.99. The zero-order chi connectivity index (χ0) is 14.5. The van der Waals surface area contributed by atoms with E-state index in [9.17, 15) is 9.18 Å². The molecule has 110 valence electrons. The van der Waals surface area contributed by atoms with Crippen molar-refractivity contribution in [2.45, 2.75) is 13.0 Å². The molecule has 6 heteroatoms. The van der Waals surface area contributed by atoms with E-state index in [2.05, 4.69) is 0 Å². The monoisotopic (exact) mass is 282 g/mol. The van der Waals surface area contributed by atoms with Crippen molar-refractivity contribution >= 4 is 5.91 Å². The Labute approximate surface area is 117 Å². The first kappa shape index (κ1) is 14.7. The second kappa shape index (κ2) is 6.67. The number of nitrogens with zero attached hydrogens (tertiary/aromatic N) is 1. The summed E-state index contributed by atoms with van der Waals surface area (Å²) in [6.45, 7) is 3.86. The number of hydrogen-bond acceptors (Lipinski definition) is 4. The third kappa shape index (κ3) is 3.68. The highest BCUT2D eigenvalue weighted by atomic mass is 19.1. The van der Waals surface area contributed by atoms with Gasteiger partial charge in [0.1, 0.15) is 11.6 Å². The normalized spacial score (nSPS) is 16.9. The average molecular weight is 282 g/mol. The molecule has 0 saturated carbocycles. The largest absolute Gasteiger partial charge is 0.483 e. The van der Waals surface area contributed by atoms with E-state index in [1.54, 1.807) is 17.9 Å². The lowest BCUT2D eigenvalue weighted by molar-refractivity contribution is -0.137. The van der Waals surface area contributed by atoms with Gasteiger partial charge < -0.3 is 20.1 Å². The van der Waals surface area contributed by atoms with Crippen LogP contribution in [-0.2, 0) is 9.53 Å². The van der Waals surface area contributed by atoms with Crippen LogP contribution < -0.4 is 10.5 Å². The first-order valence-electron chi connectivity index (χ1n) is 6.61. The van der Waals surface area contributed by atoms with Gasteiger partial charge in [0.05, 0.1) is 13.2 Å². The van der Waals surface area contributed by atoms with Crippen LogP contribution >= 0.6 is 0 Å². The molecule has 1 aromatic carbocycles. The van der Waals surface area contributed by atoms with E-state index in [1.807, 2.05) is 0 Å². The molecule has 5 nitrogen and oxygen atoms in total. The molecule has 0 aliphatic carbocycles. The highest BCUT2D eigenvalue weighted by molar-refractivity contribution is 5.77. The standard InChI is InChI=1S/C14H19FN2O3/c1-10(16)12-3-2-11(15)8-13(12)20-9-14(18)17-4-6-19-7-5-17/h2-3,8,10H,4-7,9,16H2,1H3/t10-/m0/s1. The molecule has 1 aromatic rings. The Hall–Kier alpha value is -1.66. The predicted molar refractivity (Wildman–Crippen MR) is 71.9 cm³/mol. The molecule has 1 atom stereocenters. The van der Waals surface area contributed by atoms with Crippen molar-refractivity contribution in [3.63, 3.8) is 0 Å². The van der Waals surface area contributed by atoms with Gasteiger partial charge >= 0.3 is 0 Å². The van der Waals surface area contributed by atoms with Crippen LogP contribution in [0.25, 0.3) is 0 Å². The van der Waals surface area contributed by atoms with Crippen LogP contribution in [0, 0.1) is 5.82 Å². The van der Waals surface area contributed by atoms with Crippen LogP contribution in [0.15, 0.2) is 18.2 Å². The number of ether oxygens (including phenoxy) is 2. The summed E-state index contributed by atoms with van der Waals surface area (Å²) in [5, 5.41) is 0. The molecule has 1 heterocycles. The summed E-state index contributed by atoms with van der Waals surface area (Å²) < 4.78 is 23.9. The zero-order valence-corrected chi connectivity index (χ0v) is 11.5. The highest BCUT2D eigenvalue weighted by Gasteiger charge is 2.18. The fraction of sp³-hybridized carbons (Fsp3) is 0.500. The smallest absolute Gasteiger partial charge is 0.260 e. The van der Waals surface area contributed by atoms with Gasteiger partial charge in [0, 0.05) is 30.8 Å². The minimum absolute atomic E-state index is 0.122. The lowest BCUT2D eigenvalue weighted by atomic mass is 10.1. The molecule has 0 unspecified atom stereocenters. The minimum atomic E-state index is -0.414. The third-order valence-electron chi connectivity index (χ3n) is 3.18. The van der Waals surface area contributed by atoms with E-state index in [0.29, 0.717) is 37.6 Å². The van der Waals surface area contributed by atoms with Crippen LogP contribution in [-0.4, -0.2) is 43.7 Å². The van der Waals surface area contributed by atoms with Crippen LogP contribution in [0.5, 0.6) is 5.75 Å². The number of amides is 1. The summed E-state index contributed by atoms with van der Waals surface area (Å²) in [7, 11) is 0. The SMILES string of the molecule is C[C@H](N)c1ccc(F)cc1OCC(=O)N1CCOCC1. The topological polar surface area (TPSA) is 64.8 Å². The van der Waals surface area contributed by atoms with E-state index < -0.39 is 5.82 Å². The molecule has 1 fully saturated rings. The van der Waals surface area contributed by atoms with E-state index >= 15 is 0 Å². The fourth-order valence-electron chi connectivity index (χ4n) is 2.05. The van der Waals surface area contributed by atoms with E-state index in [4.69, 9.17) is 15.2 Å². The van der Waals surface area contributed by atoms with Crippen molar-refractivity contribution in [2.75, 3.05) is 32.9 Å². The van der Waals surface area contributed by atoms with Crippen LogP contribution in [0.4, 0.5) is 4.39 Å². The predicted octanol–water partition coefficient (Wildman–Crippen LogP) is 1.08. The van der Waals surface area contributed by atoms with Gasteiger partial charge in [-0.25, -0.2) is 4.39 Å². The summed E-state index contributed by atoms with van der Waals surface area (Å²) in [6.07, 6.45) is 0. The van der Waals surface area contributed by atoms with Crippen LogP contribution in [0.3, 0.4) is 0 Å². The number of nitrogens with two attached hydrogens (primary N) is 1. The lowest BCUT2D eigenvalue weighted by Crippen LogP contribution is -2.43. The Morgan fingerprint density at radius 1 is 1.50 bits per heavy atom. The number of morpholine rings is 1. The second-order valence-corrected chi connectivity index (χ2v) is 4.75. The van der Waals surface area contributed by atoms with Crippen molar-refractivity contribution in [3.8, 4) is 5.75 Å². The van der Waals surface area contributed by atoms with Crippen molar-refractivity contribution < 1.29 is 18.7 Å². The molecule has 1 saturated heterocycles. The second-order valence-electron chi connectivity index (χ2n) is 4.75. The molecule has 1 aliphatic heterocycles. The number of benzene rings is 1. The van der Waals surface area contributed by atoms with Gasteiger partial charge in [-0.1, -0.05) is 6.07 Å². The average Bonchev–Trinajstić information content (AvgIpc) is 2.45.